The molecule has 0 aliphatic heterocycles. The summed E-state index contributed by atoms with van der Waals surface area (Å²) in [5.41, 5.74) is 0.861. The van der Waals surface area contributed by atoms with E-state index >= 15 is 8.78 Å². The van der Waals surface area contributed by atoms with Crippen LogP contribution in [0.25, 0.3) is 12.2 Å². The number of carbonyl (C=O) groups is 2. The van der Waals surface area contributed by atoms with Gasteiger partial charge in [0.05, 0.1) is 12.7 Å². The Kier molecular flexibility index (Phi) is 7.70. The van der Waals surface area contributed by atoms with Gasteiger partial charge in [0.15, 0.2) is 5.78 Å². The van der Waals surface area contributed by atoms with Crippen LogP contribution in [0.5, 0.6) is 0 Å². The maximum Gasteiger partial charge on any atom is 0.456 e. The number of allylic oxidation sites excluding steroid dienone is 4. The molecule has 2 fully saturated rings. The van der Waals surface area contributed by atoms with Gasteiger partial charge >= 0.3 is 18.1 Å². The highest BCUT2D eigenvalue weighted by Gasteiger charge is 2.79. The molecule has 0 saturated heterocycles. The molecule has 9 heteroatoms. The first-order chi connectivity index (χ1) is 21.2. The zero-order chi connectivity index (χ0) is 32.4. The number of halogens is 5. The molecule has 5 atom stereocenters. The lowest BCUT2D eigenvalue weighted by Gasteiger charge is -2.56. The van der Waals surface area contributed by atoms with Gasteiger partial charge in [-0.25, -0.2) is 4.79 Å². The fourth-order valence-electron chi connectivity index (χ4n) is 8.63. The Morgan fingerprint density at radius 3 is 2.38 bits per heavy atom. The number of benzene rings is 2. The lowest BCUT2D eigenvalue weighted by molar-refractivity contribution is -0.362. The Bertz CT molecular complexity index is 1620. The third-order valence-corrected chi connectivity index (χ3v) is 10.9. The molecule has 2 aromatic carbocycles. The molecular formula is C36H35F5O4. The first kappa shape index (κ1) is 31.4. The number of aliphatic hydroxyl groups is 1. The van der Waals surface area contributed by atoms with Gasteiger partial charge in [0.2, 0.25) is 0 Å². The summed E-state index contributed by atoms with van der Waals surface area (Å²) < 4.78 is 76.6. The van der Waals surface area contributed by atoms with E-state index in [0.29, 0.717) is 31.2 Å². The number of fused-ring (bicyclic) bond motifs is 4. The van der Waals surface area contributed by atoms with Gasteiger partial charge in [-0.05, 0) is 96.4 Å². The van der Waals surface area contributed by atoms with Crippen molar-refractivity contribution in [1.82, 2.24) is 0 Å². The quantitative estimate of drug-likeness (QED) is 0.206. The summed E-state index contributed by atoms with van der Waals surface area (Å²) in [6.07, 6.45) is 0.804. The van der Waals surface area contributed by atoms with Gasteiger partial charge in [0.25, 0.3) is 0 Å². The summed E-state index contributed by atoms with van der Waals surface area (Å²) in [5, 5.41) is 11.4. The highest BCUT2D eigenvalue weighted by molar-refractivity contribution is 5.93. The third-order valence-electron chi connectivity index (χ3n) is 10.9. The number of methoxy groups -OCH3 is 1. The number of hydrogen-bond donors (Lipinski definition) is 1. The number of esters is 1. The first-order valence-electron chi connectivity index (χ1n) is 15.3. The highest BCUT2D eigenvalue weighted by Crippen LogP contribution is 2.70. The molecule has 0 radical (unpaired) electrons. The van der Waals surface area contributed by atoms with Gasteiger partial charge in [0, 0.05) is 17.8 Å². The van der Waals surface area contributed by atoms with Crippen molar-refractivity contribution in [3.8, 4) is 0 Å². The van der Waals surface area contributed by atoms with E-state index < -0.39 is 47.3 Å². The number of ether oxygens (including phenoxy) is 1. The fourth-order valence-corrected chi connectivity index (χ4v) is 8.63. The Morgan fingerprint density at radius 1 is 0.978 bits per heavy atom. The predicted molar refractivity (Wildman–Crippen MR) is 159 cm³/mol. The number of alkyl halides is 5. The lowest BCUT2D eigenvalue weighted by atomic mass is 9.50. The molecule has 0 aromatic heterocycles. The summed E-state index contributed by atoms with van der Waals surface area (Å²) in [4.78, 5) is 24.2. The van der Waals surface area contributed by atoms with Crippen LogP contribution < -0.4 is 0 Å². The second kappa shape index (κ2) is 11.0. The van der Waals surface area contributed by atoms with E-state index in [0.717, 1.165) is 33.4 Å². The largest absolute Gasteiger partial charge is 0.465 e. The number of carbonyl (C=O) groups excluding carboxylic acids is 2. The van der Waals surface area contributed by atoms with E-state index in [1.807, 2.05) is 42.5 Å². The monoisotopic (exact) mass is 626 g/mol. The van der Waals surface area contributed by atoms with Crippen LogP contribution in [0.15, 0.2) is 71.3 Å². The molecule has 45 heavy (non-hydrogen) atoms. The van der Waals surface area contributed by atoms with E-state index in [-0.39, 0.29) is 24.5 Å². The van der Waals surface area contributed by atoms with Gasteiger partial charge in [-0.1, -0.05) is 61.0 Å². The molecule has 0 amide bonds. The van der Waals surface area contributed by atoms with Crippen molar-refractivity contribution in [3.05, 3.63) is 93.6 Å². The number of rotatable bonds is 5. The molecule has 238 valence electrons. The maximum absolute atomic E-state index is 15.2. The standard InChI is InChI=1S/C36H35F5O4/c1-33-20-29(23-10-8-21(9-11-23)6-7-22-4-3-5-25(18-22)32(43)45-2)31-27-15-13-26(42)19-24(27)12-14-28(31)30(33)16-17-34(33,44)35(37,38)36(39,40)41/h3-11,18-19,28-30,44H,12-17,20H2,1-2H3/b7-6+/t28-,29+,30-,33-,34-/m0/s1. The minimum Gasteiger partial charge on any atom is -0.465 e. The van der Waals surface area contributed by atoms with Gasteiger partial charge < -0.3 is 9.84 Å². The first-order valence-corrected chi connectivity index (χ1v) is 15.3. The van der Waals surface area contributed by atoms with Crippen LogP contribution in [0.1, 0.15) is 84.8 Å². The predicted octanol–water partition coefficient (Wildman–Crippen LogP) is 8.47. The van der Waals surface area contributed by atoms with E-state index in [1.165, 1.54) is 14.0 Å². The molecule has 0 bridgehead atoms. The van der Waals surface area contributed by atoms with E-state index in [4.69, 9.17) is 4.74 Å². The van der Waals surface area contributed by atoms with Crippen molar-refractivity contribution >= 4 is 23.9 Å². The lowest BCUT2D eigenvalue weighted by Crippen LogP contribution is -2.65. The summed E-state index contributed by atoms with van der Waals surface area (Å²) in [7, 11) is 1.31. The van der Waals surface area contributed by atoms with Crippen LogP contribution in [0.2, 0.25) is 0 Å². The fraction of sp³-hybridized carbons (Fsp3) is 0.444. The Labute approximate surface area is 258 Å². The molecule has 0 spiro atoms. The zero-order valence-corrected chi connectivity index (χ0v) is 25.1. The Balaban J connectivity index is 1.39. The van der Waals surface area contributed by atoms with E-state index in [2.05, 4.69) is 0 Å². The molecule has 0 unspecified atom stereocenters. The SMILES string of the molecule is COC(=O)c1cccc(/C=C/c2ccc([C@H]3C[C@@]4(C)[C@@H](CC[C@@]4(O)C(F)(F)C(F)(F)F)[C@@H]4CCC5=CC(=O)CCC5=C43)cc2)c1. The topological polar surface area (TPSA) is 63.6 Å². The van der Waals surface area contributed by atoms with Gasteiger partial charge in [-0.15, -0.1) is 0 Å². The summed E-state index contributed by atoms with van der Waals surface area (Å²) >= 11 is 0. The second-order valence-electron chi connectivity index (χ2n) is 13.1. The molecule has 1 N–H and O–H groups in total. The number of ketones is 1. The molecular weight excluding hydrogens is 591 g/mol. The third kappa shape index (κ3) is 4.98. The van der Waals surface area contributed by atoms with Crippen molar-refractivity contribution in [2.24, 2.45) is 17.3 Å². The van der Waals surface area contributed by atoms with Crippen molar-refractivity contribution in [1.29, 1.82) is 0 Å². The molecule has 2 aromatic rings. The second-order valence-corrected chi connectivity index (χ2v) is 13.1. The maximum atomic E-state index is 15.2. The molecule has 4 aliphatic rings. The van der Waals surface area contributed by atoms with Crippen LogP contribution in [0.4, 0.5) is 22.0 Å². The summed E-state index contributed by atoms with van der Waals surface area (Å²) in [6, 6.07) is 14.4. The normalized spacial score (nSPS) is 30.1. The molecule has 2 saturated carbocycles. The highest BCUT2D eigenvalue weighted by atomic mass is 19.4. The minimum atomic E-state index is -5.88. The Morgan fingerprint density at radius 2 is 1.69 bits per heavy atom. The van der Waals surface area contributed by atoms with Gasteiger partial charge in [-0.2, -0.15) is 22.0 Å². The Hall–Kier alpha value is -3.59. The molecule has 6 rings (SSSR count). The molecule has 0 heterocycles. The van der Waals surface area contributed by atoms with E-state index in [9.17, 15) is 27.9 Å². The van der Waals surface area contributed by atoms with Crippen LogP contribution in [0.3, 0.4) is 0 Å². The van der Waals surface area contributed by atoms with Gasteiger partial charge in [0.1, 0.15) is 5.60 Å². The smallest absolute Gasteiger partial charge is 0.456 e. The summed E-state index contributed by atoms with van der Waals surface area (Å²) in [5.74, 6) is -6.98. The van der Waals surface area contributed by atoms with Crippen LogP contribution >= 0.6 is 0 Å². The van der Waals surface area contributed by atoms with E-state index in [1.54, 1.807) is 24.3 Å². The van der Waals surface area contributed by atoms with Crippen molar-refractivity contribution in [2.45, 2.75) is 75.5 Å². The molecule has 4 aliphatic carbocycles. The minimum absolute atomic E-state index is 0.0401. The van der Waals surface area contributed by atoms with Crippen LogP contribution in [0, 0.1) is 17.3 Å². The average Bonchev–Trinajstić information content (AvgIpc) is 3.30. The van der Waals surface area contributed by atoms with Gasteiger partial charge in [-0.3, -0.25) is 4.79 Å². The number of hydrogen-bond acceptors (Lipinski definition) is 4. The average molecular weight is 627 g/mol. The molecule has 4 nitrogen and oxygen atoms in total. The van der Waals surface area contributed by atoms with Crippen molar-refractivity contribution in [2.75, 3.05) is 7.11 Å². The van der Waals surface area contributed by atoms with Crippen LogP contribution in [-0.2, 0) is 9.53 Å². The van der Waals surface area contributed by atoms with Crippen molar-refractivity contribution in [3.63, 3.8) is 0 Å². The van der Waals surface area contributed by atoms with Crippen LogP contribution in [-0.4, -0.2) is 41.7 Å². The summed E-state index contributed by atoms with van der Waals surface area (Å²) in [6.45, 7) is 1.42. The zero-order valence-electron chi connectivity index (χ0n) is 25.1. The van der Waals surface area contributed by atoms with Crippen molar-refractivity contribution < 1.29 is 41.4 Å².